The van der Waals surface area contributed by atoms with Crippen molar-refractivity contribution in [3.63, 3.8) is 0 Å². The third kappa shape index (κ3) is 5.36. The number of hydrogen-bond acceptors (Lipinski definition) is 6. The largest absolute Gasteiger partial charge is 0.444 e. The summed E-state index contributed by atoms with van der Waals surface area (Å²) in [6.07, 6.45) is 1.48. The summed E-state index contributed by atoms with van der Waals surface area (Å²) in [5.74, 6) is 0.698. The maximum Gasteiger partial charge on any atom is 0.410 e. The Balaban J connectivity index is 1.59. The van der Waals surface area contributed by atoms with Gasteiger partial charge < -0.3 is 19.1 Å². The van der Waals surface area contributed by atoms with Gasteiger partial charge in [0.05, 0.1) is 11.6 Å². The third-order valence-corrected chi connectivity index (χ3v) is 6.72. The van der Waals surface area contributed by atoms with E-state index in [9.17, 15) is 9.59 Å². The highest BCUT2D eigenvalue weighted by Gasteiger charge is 2.34. The molecule has 0 aliphatic carbocycles. The third-order valence-electron chi connectivity index (χ3n) is 6.56. The first kappa shape index (κ1) is 25.7. The molecular formula is C29H30ClN5O3. The number of halogens is 1. The van der Waals surface area contributed by atoms with Crippen LogP contribution in [0.15, 0.2) is 71.7 Å². The Bertz CT molecular complexity index is 1550. The van der Waals surface area contributed by atoms with Crippen molar-refractivity contribution in [2.75, 3.05) is 24.5 Å². The number of carbonyl (C=O) groups excluding carboxylic acids is 1. The molecule has 2 aromatic carbocycles. The predicted octanol–water partition coefficient (Wildman–Crippen LogP) is 5.45. The molecule has 0 saturated carbocycles. The first-order valence-electron chi connectivity index (χ1n) is 12.5. The zero-order valence-electron chi connectivity index (χ0n) is 21.9. The van der Waals surface area contributed by atoms with Crippen LogP contribution in [-0.4, -0.2) is 50.8 Å². The Labute approximate surface area is 226 Å². The number of benzene rings is 2. The standard InChI is InChI=1S/C29H30ClN5O3/c1-29(2,3)38-28(37)34-14-15-35(24(18-34)19-8-6-5-7-9-19)26-22-16-20(10-12-23(22)31-27(30)32-26)21-11-13-25(36)33(4)17-21/h5-13,16-17,24H,14-15,18H2,1-4H3/t24-/m1/s1. The minimum absolute atomic E-state index is 0.0705. The molecule has 0 bridgehead atoms. The molecule has 2 aromatic heterocycles. The summed E-state index contributed by atoms with van der Waals surface area (Å²) in [6, 6.07) is 19.2. The monoisotopic (exact) mass is 531 g/mol. The first-order chi connectivity index (χ1) is 18.1. The zero-order valence-corrected chi connectivity index (χ0v) is 22.6. The van der Waals surface area contributed by atoms with E-state index in [-0.39, 0.29) is 23.0 Å². The maximum atomic E-state index is 13.0. The Morgan fingerprint density at radius 2 is 1.74 bits per heavy atom. The Hall–Kier alpha value is -3.91. The molecule has 196 valence electrons. The summed E-state index contributed by atoms with van der Waals surface area (Å²) >= 11 is 6.41. The molecule has 3 heterocycles. The van der Waals surface area contributed by atoms with E-state index >= 15 is 0 Å². The Morgan fingerprint density at radius 3 is 2.45 bits per heavy atom. The van der Waals surface area contributed by atoms with E-state index in [1.807, 2.05) is 69.4 Å². The number of carbonyl (C=O) groups is 1. The van der Waals surface area contributed by atoms with Crippen molar-refractivity contribution in [3.05, 3.63) is 88.1 Å². The molecule has 0 radical (unpaired) electrons. The SMILES string of the molecule is Cn1cc(-c2ccc3nc(Cl)nc(N4CCN(C(=O)OC(C)(C)C)C[C@@H]4c4ccccc4)c3c2)ccc1=O. The van der Waals surface area contributed by atoms with Crippen LogP contribution in [0.5, 0.6) is 0 Å². The van der Waals surface area contributed by atoms with Crippen LogP contribution in [0.3, 0.4) is 0 Å². The van der Waals surface area contributed by atoms with Crippen LogP contribution < -0.4 is 10.5 Å². The lowest BCUT2D eigenvalue weighted by Gasteiger charge is -2.42. The molecule has 1 fully saturated rings. The first-order valence-corrected chi connectivity index (χ1v) is 12.9. The number of nitrogens with zero attached hydrogens (tertiary/aromatic N) is 5. The molecule has 4 aromatic rings. The molecule has 8 nitrogen and oxygen atoms in total. The lowest BCUT2D eigenvalue weighted by atomic mass is 10.0. The van der Waals surface area contributed by atoms with E-state index in [1.54, 1.807) is 22.6 Å². The van der Waals surface area contributed by atoms with Gasteiger partial charge in [0.25, 0.3) is 0 Å². The van der Waals surface area contributed by atoms with E-state index < -0.39 is 5.60 Å². The van der Waals surface area contributed by atoms with Gasteiger partial charge in [-0.3, -0.25) is 4.79 Å². The van der Waals surface area contributed by atoms with Crippen LogP contribution in [0.25, 0.3) is 22.0 Å². The predicted molar refractivity (Wildman–Crippen MR) is 150 cm³/mol. The number of anilines is 1. The summed E-state index contributed by atoms with van der Waals surface area (Å²) in [4.78, 5) is 38.0. The van der Waals surface area contributed by atoms with Crippen molar-refractivity contribution >= 4 is 34.4 Å². The molecule has 5 rings (SSSR count). The van der Waals surface area contributed by atoms with E-state index in [1.165, 1.54) is 0 Å². The molecule has 1 aliphatic heterocycles. The van der Waals surface area contributed by atoms with Crippen LogP contribution in [0.1, 0.15) is 32.4 Å². The summed E-state index contributed by atoms with van der Waals surface area (Å²) in [6.45, 7) is 7.04. The van der Waals surface area contributed by atoms with Crippen molar-refractivity contribution < 1.29 is 9.53 Å². The van der Waals surface area contributed by atoms with Crippen LogP contribution >= 0.6 is 11.6 Å². The minimum Gasteiger partial charge on any atom is -0.444 e. The van der Waals surface area contributed by atoms with Gasteiger partial charge >= 0.3 is 6.09 Å². The van der Waals surface area contributed by atoms with Gasteiger partial charge in [-0.2, -0.15) is 4.98 Å². The number of aryl methyl sites for hydroxylation is 1. The van der Waals surface area contributed by atoms with Gasteiger partial charge in [-0.25, -0.2) is 9.78 Å². The molecule has 38 heavy (non-hydrogen) atoms. The van der Waals surface area contributed by atoms with Gasteiger partial charge in [-0.1, -0.05) is 36.4 Å². The second kappa shape index (κ2) is 10.1. The van der Waals surface area contributed by atoms with E-state index in [0.29, 0.717) is 25.5 Å². The van der Waals surface area contributed by atoms with Crippen molar-refractivity contribution in [1.82, 2.24) is 19.4 Å². The van der Waals surface area contributed by atoms with E-state index in [4.69, 9.17) is 16.3 Å². The van der Waals surface area contributed by atoms with Crippen LogP contribution in [0.2, 0.25) is 5.28 Å². The van der Waals surface area contributed by atoms with Gasteiger partial charge in [0, 0.05) is 44.3 Å². The average molecular weight is 532 g/mol. The number of rotatable bonds is 3. The lowest BCUT2D eigenvalue weighted by Crippen LogP contribution is -2.52. The van der Waals surface area contributed by atoms with E-state index in [2.05, 4.69) is 27.0 Å². The summed E-state index contributed by atoms with van der Waals surface area (Å²) in [5.41, 5.74) is 2.96. The summed E-state index contributed by atoms with van der Waals surface area (Å²) in [7, 11) is 1.73. The number of fused-ring (bicyclic) bond motifs is 1. The van der Waals surface area contributed by atoms with Crippen LogP contribution in [-0.2, 0) is 11.8 Å². The smallest absolute Gasteiger partial charge is 0.410 e. The topological polar surface area (TPSA) is 80.6 Å². The molecular weight excluding hydrogens is 502 g/mol. The highest BCUT2D eigenvalue weighted by Crippen LogP contribution is 2.36. The van der Waals surface area contributed by atoms with E-state index in [0.717, 1.165) is 27.6 Å². The molecule has 0 spiro atoms. The summed E-state index contributed by atoms with van der Waals surface area (Å²) < 4.78 is 7.23. The molecule has 1 amide bonds. The Morgan fingerprint density at radius 1 is 1.00 bits per heavy atom. The fourth-order valence-electron chi connectivity index (χ4n) is 4.74. The Kier molecular flexibility index (Phi) is 6.84. The number of pyridine rings is 1. The molecule has 0 unspecified atom stereocenters. The average Bonchev–Trinajstić information content (AvgIpc) is 2.89. The number of aromatic nitrogens is 3. The number of ether oxygens (including phenoxy) is 1. The normalized spacial score (nSPS) is 16.1. The molecule has 1 saturated heterocycles. The molecule has 9 heteroatoms. The van der Waals surface area contributed by atoms with Crippen molar-refractivity contribution in [2.24, 2.45) is 7.05 Å². The number of amides is 1. The van der Waals surface area contributed by atoms with Gasteiger partial charge in [0.15, 0.2) is 0 Å². The molecule has 0 N–H and O–H groups in total. The second-order valence-electron chi connectivity index (χ2n) is 10.5. The van der Waals surface area contributed by atoms with Gasteiger partial charge in [-0.15, -0.1) is 0 Å². The fourth-order valence-corrected chi connectivity index (χ4v) is 4.91. The highest BCUT2D eigenvalue weighted by molar-refractivity contribution is 6.28. The van der Waals surface area contributed by atoms with Crippen molar-refractivity contribution in [3.8, 4) is 11.1 Å². The minimum atomic E-state index is -0.579. The lowest BCUT2D eigenvalue weighted by molar-refractivity contribution is 0.0213. The van der Waals surface area contributed by atoms with Gasteiger partial charge in [0.1, 0.15) is 11.4 Å². The maximum absolute atomic E-state index is 13.0. The van der Waals surface area contributed by atoms with Crippen LogP contribution in [0, 0.1) is 0 Å². The molecule has 1 aliphatic rings. The second-order valence-corrected chi connectivity index (χ2v) is 10.8. The van der Waals surface area contributed by atoms with Crippen LogP contribution in [0.4, 0.5) is 10.6 Å². The molecule has 1 atom stereocenters. The van der Waals surface area contributed by atoms with Crippen molar-refractivity contribution in [1.29, 1.82) is 0 Å². The number of piperazine rings is 1. The fraction of sp³-hybridized carbons (Fsp3) is 0.310. The quantitative estimate of drug-likeness (QED) is 0.327. The van der Waals surface area contributed by atoms with Gasteiger partial charge in [0.2, 0.25) is 10.8 Å². The van der Waals surface area contributed by atoms with Crippen molar-refractivity contribution in [2.45, 2.75) is 32.4 Å². The summed E-state index contributed by atoms with van der Waals surface area (Å²) in [5, 5.41) is 0.996. The zero-order chi connectivity index (χ0) is 27.0. The number of hydrogen-bond donors (Lipinski definition) is 0. The van der Waals surface area contributed by atoms with Gasteiger partial charge in [-0.05, 0) is 67.3 Å². The highest BCUT2D eigenvalue weighted by atomic mass is 35.5.